The molecule has 0 radical (unpaired) electrons. The molecular weight excluding hydrogens is 216 g/mol. The summed E-state index contributed by atoms with van der Waals surface area (Å²) >= 11 is 0. The summed E-state index contributed by atoms with van der Waals surface area (Å²) < 4.78 is 5.10. The second-order valence-corrected chi connectivity index (χ2v) is 4.87. The molecule has 1 aliphatic rings. The number of nitrogens with one attached hydrogen (secondary N) is 2. The van der Waals surface area contributed by atoms with Crippen LogP contribution in [0.5, 0.6) is 0 Å². The molecule has 0 aromatic rings. The number of carbonyl (C=O) groups excluding carboxylic acids is 1. The topological polar surface area (TPSA) is 50.4 Å². The number of carbonyl (C=O) groups is 1. The molecule has 1 unspecified atom stereocenters. The van der Waals surface area contributed by atoms with E-state index in [1.54, 1.807) is 7.11 Å². The van der Waals surface area contributed by atoms with Crippen LogP contribution >= 0.6 is 0 Å². The largest absolute Gasteiger partial charge is 0.383 e. The molecule has 100 valence electrons. The Kier molecular flexibility index (Phi) is 7.21. The molecule has 0 aromatic heterocycles. The molecule has 0 aliphatic heterocycles. The minimum Gasteiger partial charge on any atom is -0.383 e. The Bertz CT molecular complexity index is 209. The van der Waals surface area contributed by atoms with Crippen LogP contribution in [-0.2, 0) is 9.53 Å². The van der Waals surface area contributed by atoms with Gasteiger partial charge in [0.25, 0.3) is 0 Å². The Hall–Kier alpha value is -0.610. The average molecular weight is 242 g/mol. The van der Waals surface area contributed by atoms with Crippen LogP contribution in [0.15, 0.2) is 0 Å². The quantitative estimate of drug-likeness (QED) is 0.677. The van der Waals surface area contributed by atoms with Crippen LogP contribution in [0.2, 0.25) is 0 Å². The van der Waals surface area contributed by atoms with Crippen molar-refractivity contribution in [3.63, 3.8) is 0 Å². The zero-order valence-corrected chi connectivity index (χ0v) is 11.1. The van der Waals surface area contributed by atoms with E-state index in [2.05, 4.69) is 17.6 Å². The van der Waals surface area contributed by atoms with Gasteiger partial charge in [-0.1, -0.05) is 26.2 Å². The summed E-state index contributed by atoms with van der Waals surface area (Å²) in [4.78, 5) is 11.7. The lowest BCUT2D eigenvalue weighted by Crippen LogP contribution is -2.44. The number of rotatable bonds is 8. The summed E-state index contributed by atoms with van der Waals surface area (Å²) in [6, 6.07) is 0.704. The molecule has 2 N–H and O–H groups in total. The summed E-state index contributed by atoms with van der Waals surface area (Å²) in [5.41, 5.74) is 0. The summed E-state index contributed by atoms with van der Waals surface area (Å²) in [6.45, 7) is 3.16. The summed E-state index contributed by atoms with van der Waals surface area (Å²) in [5, 5.41) is 6.33. The highest BCUT2D eigenvalue weighted by Crippen LogP contribution is 2.17. The molecule has 4 heteroatoms. The molecule has 1 amide bonds. The maximum atomic E-state index is 11.7. The molecular formula is C13H26N2O2. The average Bonchev–Trinajstić information content (AvgIpc) is 2.80. The highest BCUT2D eigenvalue weighted by molar-refractivity contribution is 5.78. The van der Waals surface area contributed by atoms with Crippen molar-refractivity contribution < 1.29 is 9.53 Å². The lowest BCUT2D eigenvalue weighted by Gasteiger charge is -2.18. The van der Waals surface area contributed by atoms with Crippen molar-refractivity contribution in [3.05, 3.63) is 0 Å². The van der Waals surface area contributed by atoms with Crippen molar-refractivity contribution in [3.8, 4) is 0 Å². The Morgan fingerprint density at radius 1 is 1.41 bits per heavy atom. The first-order valence-corrected chi connectivity index (χ1v) is 6.78. The Morgan fingerprint density at radius 2 is 2.12 bits per heavy atom. The Morgan fingerprint density at radius 3 is 2.71 bits per heavy atom. The lowest BCUT2D eigenvalue weighted by atomic mass is 10.2. The molecule has 1 rings (SSSR count). The predicted molar refractivity (Wildman–Crippen MR) is 69.0 cm³/mol. The highest BCUT2D eigenvalue weighted by atomic mass is 16.5. The fourth-order valence-corrected chi connectivity index (χ4v) is 2.39. The maximum absolute atomic E-state index is 11.7. The smallest absolute Gasteiger partial charge is 0.234 e. The van der Waals surface area contributed by atoms with E-state index in [1.807, 2.05) is 0 Å². The van der Waals surface area contributed by atoms with E-state index < -0.39 is 0 Å². The van der Waals surface area contributed by atoms with Crippen LogP contribution in [0.4, 0.5) is 0 Å². The fraction of sp³-hybridized carbons (Fsp3) is 0.923. The van der Waals surface area contributed by atoms with E-state index in [-0.39, 0.29) is 11.9 Å². The van der Waals surface area contributed by atoms with E-state index in [0.29, 0.717) is 19.2 Å². The second kappa shape index (κ2) is 8.48. The third-order valence-electron chi connectivity index (χ3n) is 3.28. The van der Waals surface area contributed by atoms with Crippen molar-refractivity contribution in [2.45, 2.75) is 57.5 Å². The van der Waals surface area contributed by atoms with E-state index in [1.165, 1.54) is 25.7 Å². The SMILES string of the molecule is CCCC(COC)NC(=O)CNC1CCCC1. The van der Waals surface area contributed by atoms with Crippen LogP contribution in [0, 0.1) is 0 Å². The van der Waals surface area contributed by atoms with E-state index in [9.17, 15) is 4.79 Å². The summed E-state index contributed by atoms with van der Waals surface area (Å²) in [5.74, 6) is 0.0902. The normalized spacial score (nSPS) is 18.2. The van der Waals surface area contributed by atoms with Gasteiger partial charge in [0.05, 0.1) is 19.2 Å². The third kappa shape index (κ3) is 6.03. The number of hydrogen-bond acceptors (Lipinski definition) is 3. The third-order valence-corrected chi connectivity index (χ3v) is 3.28. The van der Waals surface area contributed by atoms with Gasteiger partial charge in [-0.15, -0.1) is 0 Å². The number of ether oxygens (including phenoxy) is 1. The second-order valence-electron chi connectivity index (χ2n) is 4.87. The number of methoxy groups -OCH3 is 1. The van der Waals surface area contributed by atoms with Crippen LogP contribution in [0.25, 0.3) is 0 Å². The fourth-order valence-electron chi connectivity index (χ4n) is 2.39. The number of hydrogen-bond donors (Lipinski definition) is 2. The minimum atomic E-state index is 0.0902. The van der Waals surface area contributed by atoms with Crippen LogP contribution in [-0.4, -0.2) is 38.3 Å². The first-order chi connectivity index (χ1) is 8.26. The standard InChI is InChI=1S/C13H26N2O2/c1-3-6-12(10-17-2)15-13(16)9-14-11-7-4-5-8-11/h11-12,14H,3-10H2,1-2H3,(H,15,16). The highest BCUT2D eigenvalue weighted by Gasteiger charge is 2.16. The van der Waals surface area contributed by atoms with Gasteiger partial charge in [-0.25, -0.2) is 0 Å². The van der Waals surface area contributed by atoms with Crippen LogP contribution < -0.4 is 10.6 Å². The minimum absolute atomic E-state index is 0.0902. The van der Waals surface area contributed by atoms with Gasteiger partial charge in [-0.2, -0.15) is 0 Å². The van der Waals surface area contributed by atoms with Crippen molar-refractivity contribution in [2.24, 2.45) is 0 Å². The van der Waals surface area contributed by atoms with Gasteiger partial charge in [-0.05, 0) is 19.3 Å². The van der Waals surface area contributed by atoms with Gasteiger partial charge in [0.15, 0.2) is 0 Å². The van der Waals surface area contributed by atoms with E-state index in [4.69, 9.17) is 4.74 Å². The molecule has 1 fully saturated rings. The first kappa shape index (κ1) is 14.5. The van der Waals surface area contributed by atoms with Crippen molar-refractivity contribution >= 4 is 5.91 Å². The zero-order valence-electron chi connectivity index (χ0n) is 11.1. The molecule has 0 bridgehead atoms. The molecule has 1 saturated carbocycles. The molecule has 4 nitrogen and oxygen atoms in total. The molecule has 0 aromatic carbocycles. The lowest BCUT2D eigenvalue weighted by molar-refractivity contribution is -0.121. The molecule has 17 heavy (non-hydrogen) atoms. The predicted octanol–water partition coefficient (Wildman–Crippen LogP) is 1.45. The van der Waals surface area contributed by atoms with Crippen molar-refractivity contribution in [1.29, 1.82) is 0 Å². The van der Waals surface area contributed by atoms with Gasteiger partial charge >= 0.3 is 0 Å². The van der Waals surface area contributed by atoms with Gasteiger partial charge in [0.2, 0.25) is 5.91 Å². The van der Waals surface area contributed by atoms with Gasteiger partial charge in [-0.3, -0.25) is 4.79 Å². The molecule has 0 saturated heterocycles. The zero-order chi connectivity index (χ0) is 12.5. The maximum Gasteiger partial charge on any atom is 0.234 e. The molecule has 0 heterocycles. The Labute approximate surface area is 104 Å². The van der Waals surface area contributed by atoms with E-state index >= 15 is 0 Å². The Balaban J connectivity index is 2.16. The van der Waals surface area contributed by atoms with Gasteiger partial charge in [0, 0.05) is 13.2 Å². The summed E-state index contributed by atoms with van der Waals surface area (Å²) in [6.07, 6.45) is 7.05. The molecule has 1 atom stereocenters. The van der Waals surface area contributed by atoms with Crippen LogP contribution in [0.1, 0.15) is 45.4 Å². The van der Waals surface area contributed by atoms with Crippen molar-refractivity contribution in [1.82, 2.24) is 10.6 Å². The van der Waals surface area contributed by atoms with Gasteiger partial charge in [0.1, 0.15) is 0 Å². The van der Waals surface area contributed by atoms with Crippen molar-refractivity contribution in [2.75, 3.05) is 20.3 Å². The van der Waals surface area contributed by atoms with Crippen LogP contribution in [0.3, 0.4) is 0 Å². The number of amides is 1. The molecule has 0 spiro atoms. The molecule has 1 aliphatic carbocycles. The van der Waals surface area contributed by atoms with Gasteiger partial charge < -0.3 is 15.4 Å². The first-order valence-electron chi connectivity index (χ1n) is 6.78. The monoisotopic (exact) mass is 242 g/mol. The summed E-state index contributed by atoms with van der Waals surface area (Å²) in [7, 11) is 1.67. The van der Waals surface area contributed by atoms with E-state index in [0.717, 1.165) is 12.8 Å².